The Bertz CT molecular complexity index is 776. The zero-order chi connectivity index (χ0) is 17.3. The molecule has 0 fully saturated rings. The second-order valence-electron chi connectivity index (χ2n) is 5.69. The predicted molar refractivity (Wildman–Crippen MR) is 103 cm³/mol. The van der Waals surface area contributed by atoms with Gasteiger partial charge in [-0.1, -0.05) is 11.2 Å². The summed E-state index contributed by atoms with van der Waals surface area (Å²) < 4.78 is 29.3. The zero-order valence-corrected chi connectivity index (χ0v) is 17.4. The third-order valence-electron chi connectivity index (χ3n) is 3.60. The molecule has 1 aliphatic heterocycles. The van der Waals surface area contributed by atoms with Crippen molar-refractivity contribution >= 4 is 60.7 Å². The van der Waals surface area contributed by atoms with Gasteiger partial charge in [-0.25, -0.2) is 8.78 Å². The maximum absolute atomic E-state index is 13.7. The molecule has 1 aromatic heterocycles. The lowest BCUT2D eigenvalue weighted by Gasteiger charge is -2.20. The van der Waals surface area contributed by atoms with Crippen molar-refractivity contribution < 1.29 is 13.6 Å². The van der Waals surface area contributed by atoms with Crippen LogP contribution in [0, 0.1) is 11.6 Å². The van der Waals surface area contributed by atoms with Crippen molar-refractivity contribution in [1.29, 1.82) is 0 Å². The van der Waals surface area contributed by atoms with Crippen molar-refractivity contribution in [2.45, 2.75) is 24.7 Å². The molecule has 1 aromatic carbocycles. The number of thiophene rings is 1. The van der Waals surface area contributed by atoms with Crippen molar-refractivity contribution in [2.24, 2.45) is 5.16 Å². The van der Waals surface area contributed by atoms with Crippen molar-refractivity contribution in [2.75, 3.05) is 5.75 Å². The van der Waals surface area contributed by atoms with Gasteiger partial charge in [0.15, 0.2) is 0 Å². The standard InChI is InChI=1S/C16H13Br2F2NOS2/c1-16(8-23-7-10-11(19)3-2-4-12(10)20)6-13(21-22-16)9-5-14(17)24-15(9)18/h2-5H,6-8H2,1H3. The summed E-state index contributed by atoms with van der Waals surface area (Å²) in [7, 11) is 0. The summed E-state index contributed by atoms with van der Waals surface area (Å²) in [6.07, 6.45) is 0.654. The molecule has 0 bridgehead atoms. The number of hydrogen-bond acceptors (Lipinski definition) is 4. The average molecular weight is 497 g/mol. The molecule has 0 radical (unpaired) electrons. The maximum Gasteiger partial charge on any atom is 0.149 e. The van der Waals surface area contributed by atoms with Crippen LogP contribution in [0.2, 0.25) is 0 Å². The van der Waals surface area contributed by atoms with Crippen LogP contribution in [0.15, 0.2) is 37.0 Å². The van der Waals surface area contributed by atoms with E-state index in [4.69, 9.17) is 4.84 Å². The van der Waals surface area contributed by atoms with Gasteiger partial charge in [-0.05, 0) is 57.0 Å². The van der Waals surface area contributed by atoms with E-state index in [0.29, 0.717) is 12.2 Å². The van der Waals surface area contributed by atoms with Crippen LogP contribution in [0.4, 0.5) is 8.78 Å². The number of halogens is 4. The molecule has 0 aliphatic carbocycles. The number of oxime groups is 1. The molecular formula is C16H13Br2F2NOS2. The molecule has 2 aromatic rings. The summed E-state index contributed by atoms with van der Waals surface area (Å²) in [6, 6.07) is 5.93. The molecule has 8 heteroatoms. The molecule has 24 heavy (non-hydrogen) atoms. The number of hydrogen-bond donors (Lipinski definition) is 0. The van der Waals surface area contributed by atoms with Crippen molar-refractivity contribution in [3.63, 3.8) is 0 Å². The molecule has 2 heterocycles. The topological polar surface area (TPSA) is 21.6 Å². The first-order valence-electron chi connectivity index (χ1n) is 7.09. The Morgan fingerprint density at radius 3 is 2.67 bits per heavy atom. The number of nitrogens with zero attached hydrogens (tertiary/aromatic N) is 1. The lowest BCUT2D eigenvalue weighted by molar-refractivity contribution is 0.0163. The second kappa shape index (κ2) is 7.43. The van der Waals surface area contributed by atoms with E-state index in [1.165, 1.54) is 30.0 Å². The lowest BCUT2D eigenvalue weighted by Crippen LogP contribution is -2.28. The van der Waals surface area contributed by atoms with Crippen LogP contribution in [-0.4, -0.2) is 17.1 Å². The van der Waals surface area contributed by atoms with Gasteiger partial charge in [0.25, 0.3) is 0 Å². The van der Waals surface area contributed by atoms with Gasteiger partial charge in [0.1, 0.15) is 17.2 Å². The minimum Gasteiger partial charge on any atom is -0.388 e. The Balaban J connectivity index is 1.60. The molecule has 0 spiro atoms. The fourth-order valence-electron chi connectivity index (χ4n) is 2.38. The van der Waals surface area contributed by atoms with Crippen LogP contribution in [-0.2, 0) is 10.6 Å². The van der Waals surface area contributed by atoms with Gasteiger partial charge < -0.3 is 4.84 Å². The third kappa shape index (κ3) is 4.03. The van der Waals surface area contributed by atoms with Crippen LogP contribution in [0.5, 0.6) is 0 Å². The zero-order valence-electron chi connectivity index (χ0n) is 12.6. The van der Waals surface area contributed by atoms with E-state index < -0.39 is 17.2 Å². The second-order valence-corrected chi connectivity index (χ2v) is 10.4. The molecule has 0 amide bonds. The summed E-state index contributed by atoms with van der Waals surface area (Å²) in [5, 5.41) is 4.21. The van der Waals surface area contributed by atoms with Gasteiger partial charge in [-0.3, -0.25) is 0 Å². The van der Waals surface area contributed by atoms with Gasteiger partial charge in [-0.15, -0.1) is 11.3 Å². The number of benzene rings is 1. The van der Waals surface area contributed by atoms with Crippen molar-refractivity contribution in [3.05, 3.63) is 54.6 Å². The van der Waals surface area contributed by atoms with E-state index in [-0.39, 0.29) is 11.3 Å². The van der Waals surface area contributed by atoms with Crippen molar-refractivity contribution in [3.8, 4) is 0 Å². The average Bonchev–Trinajstić information content (AvgIpc) is 3.05. The highest BCUT2D eigenvalue weighted by Crippen LogP contribution is 2.37. The molecule has 128 valence electrons. The van der Waals surface area contributed by atoms with Crippen LogP contribution in [0.1, 0.15) is 24.5 Å². The van der Waals surface area contributed by atoms with Crippen LogP contribution < -0.4 is 0 Å². The minimum atomic E-state index is -0.510. The normalized spacial score (nSPS) is 20.1. The summed E-state index contributed by atoms with van der Waals surface area (Å²) in [5.74, 6) is -0.162. The predicted octanol–water partition coefficient (Wildman–Crippen LogP) is 6.37. The highest BCUT2D eigenvalue weighted by molar-refractivity contribution is 9.12. The van der Waals surface area contributed by atoms with Crippen LogP contribution in [0.25, 0.3) is 0 Å². The summed E-state index contributed by atoms with van der Waals surface area (Å²) in [6.45, 7) is 1.96. The molecular weight excluding hydrogens is 484 g/mol. The van der Waals surface area contributed by atoms with E-state index in [1.54, 1.807) is 11.3 Å². The first-order valence-corrected chi connectivity index (χ1v) is 10.6. The molecule has 1 unspecified atom stereocenters. The maximum atomic E-state index is 13.7. The molecule has 3 rings (SSSR count). The highest BCUT2D eigenvalue weighted by Gasteiger charge is 2.35. The van der Waals surface area contributed by atoms with Gasteiger partial charge in [0.2, 0.25) is 0 Å². The molecule has 2 nitrogen and oxygen atoms in total. The number of thioether (sulfide) groups is 1. The quantitative estimate of drug-likeness (QED) is 0.479. The smallest absolute Gasteiger partial charge is 0.149 e. The summed E-state index contributed by atoms with van der Waals surface area (Å²) >= 11 is 10.0. The Labute approximate surface area is 163 Å². The van der Waals surface area contributed by atoms with E-state index >= 15 is 0 Å². The van der Waals surface area contributed by atoms with Gasteiger partial charge >= 0.3 is 0 Å². The van der Waals surface area contributed by atoms with Crippen molar-refractivity contribution in [1.82, 2.24) is 0 Å². The van der Waals surface area contributed by atoms with Gasteiger partial charge in [0, 0.05) is 29.1 Å². The van der Waals surface area contributed by atoms with E-state index in [2.05, 4.69) is 37.0 Å². The Hall–Kier alpha value is -0.440. The van der Waals surface area contributed by atoms with E-state index in [1.807, 2.05) is 13.0 Å². The first kappa shape index (κ1) is 18.4. The summed E-state index contributed by atoms with van der Waals surface area (Å²) in [4.78, 5) is 5.62. The monoisotopic (exact) mass is 495 g/mol. The molecule has 0 saturated carbocycles. The summed E-state index contributed by atoms with van der Waals surface area (Å²) in [5.41, 5.74) is 1.52. The largest absolute Gasteiger partial charge is 0.388 e. The SMILES string of the molecule is CC1(CSCc2c(F)cccc2F)CC(c2cc(Br)sc2Br)=NO1. The molecule has 0 saturated heterocycles. The molecule has 1 aliphatic rings. The van der Waals surface area contributed by atoms with Crippen LogP contribution in [0.3, 0.4) is 0 Å². The Morgan fingerprint density at radius 1 is 1.33 bits per heavy atom. The molecule has 0 N–H and O–H groups in total. The molecule has 1 atom stereocenters. The minimum absolute atomic E-state index is 0.106. The Kier molecular flexibility index (Phi) is 5.68. The third-order valence-corrected chi connectivity index (χ3v) is 7.25. The lowest BCUT2D eigenvalue weighted by atomic mass is 9.99. The van der Waals surface area contributed by atoms with Crippen LogP contribution >= 0.6 is 55.0 Å². The van der Waals surface area contributed by atoms with Gasteiger partial charge in [-0.2, -0.15) is 11.8 Å². The highest BCUT2D eigenvalue weighted by atomic mass is 79.9. The Morgan fingerprint density at radius 2 is 2.04 bits per heavy atom. The number of rotatable bonds is 5. The van der Waals surface area contributed by atoms with Gasteiger partial charge in [0.05, 0.1) is 13.3 Å². The van der Waals surface area contributed by atoms with E-state index in [9.17, 15) is 8.78 Å². The van der Waals surface area contributed by atoms with E-state index in [0.717, 1.165) is 18.8 Å². The fraction of sp³-hybridized carbons (Fsp3) is 0.312. The first-order chi connectivity index (χ1) is 11.4. The fourth-order valence-corrected chi connectivity index (χ4v) is 6.42.